The predicted molar refractivity (Wildman–Crippen MR) is 55.0 cm³/mol. The molecule has 1 aromatic rings. The molecule has 0 radical (unpaired) electrons. The van der Waals surface area contributed by atoms with Gasteiger partial charge >= 0.3 is 0 Å². The Balaban J connectivity index is 2.54. The summed E-state index contributed by atoms with van der Waals surface area (Å²) >= 11 is 0. The second kappa shape index (κ2) is 5.80. The van der Waals surface area contributed by atoms with Crippen LogP contribution in [0.15, 0.2) is 12.4 Å². The lowest BCUT2D eigenvalue weighted by Crippen LogP contribution is -2.38. The average molecular weight is 217 g/mol. The number of imidazole rings is 1. The van der Waals surface area contributed by atoms with Crippen LogP contribution in [0.3, 0.4) is 0 Å². The van der Waals surface area contributed by atoms with Crippen LogP contribution < -0.4 is 5.32 Å². The number of aromatic nitrogens is 2. The summed E-state index contributed by atoms with van der Waals surface area (Å²) in [5.41, 5.74) is 0. The summed E-state index contributed by atoms with van der Waals surface area (Å²) in [6.07, 6.45) is 2.15. The van der Waals surface area contributed by atoms with E-state index in [2.05, 4.69) is 10.3 Å². The van der Waals surface area contributed by atoms with Gasteiger partial charge in [0, 0.05) is 25.9 Å². The van der Waals surface area contributed by atoms with E-state index in [1.165, 1.54) is 0 Å². The Morgan fingerprint density at radius 2 is 2.27 bits per heavy atom. The van der Waals surface area contributed by atoms with Crippen molar-refractivity contribution in [2.24, 2.45) is 7.05 Å². The number of hydrogen-bond donors (Lipinski definition) is 1. The van der Waals surface area contributed by atoms with Gasteiger partial charge in [-0.15, -0.1) is 0 Å². The highest BCUT2D eigenvalue weighted by atomic mass is 19.3. The number of nitrogens with zero attached hydrogens (tertiary/aromatic N) is 2. The van der Waals surface area contributed by atoms with E-state index in [1.807, 2.05) is 14.0 Å². The molecule has 0 saturated heterocycles. The maximum Gasteiger partial charge on any atom is 0.254 e. The van der Waals surface area contributed by atoms with E-state index in [4.69, 9.17) is 0 Å². The van der Waals surface area contributed by atoms with Gasteiger partial charge in [0.25, 0.3) is 6.43 Å². The van der Waals surface area contributed by atoms with Crippen molar-refractivity contribution in [1.82, 2.24) is 14.9 Å². The zero-order valence-corrected chi connectivity index (χ0v) is 9.08. The minimum absolute atomic E-state index is 0.265. The van der Waals surface area contributed by atoms with Gasteiger partial charge in [-0.3, -0.25) is 0 Å². The number of aryl methyl sites for hydroxylation is 1. The largest absolute Gasteiger partial charge is 0.338 e. The lowest BCUT2D eigenvalue weighted by Gasteiger charge is -2.17. The third-order valence-corrected chi connectivity index (χ3v) is 2.28. The number of alkyl halides is 2. The Kier molecular flexibility index (Phi) is 4.68. The van der Waals surface area contributed by atoms with Gasteiger partial charge in [-0.1, -0.05) is 6.92 Å². The first kappa shape index (κ1) is 12.1. The molecule has 1 unspecified atom stereocenters. The number of rotatable bonds is 6. The van der Waals surface area contributed by atoms with Crippen LogP contribution in [-0.2, 0) is 13.5 Å². The van der Waals surface area contributed by atoms with Crippen LogP contribution in [0.4, 0.5) is 8.78 Å². The predicted octanol–water partition coefficient (Wildman–Crippen LogP) is 1.60. The first-order chi connectivity index (χ1) is 7.15. The van der Waals surface area contributed by atoms with Gasteiger partial charge in [0.05, 0.1) is 6.04 Å². The lowest BCUT2D eigenvalue weighted by molar-refractivity contribution is 0.0970. The molecule has 0 spiro atoms. The van der Waals surface area contributed by atoms with E-state index in [0.29, 0.717) is 12.4 Å². The van der Waals surface area contributed by atoms with Gasteiger partial charge in [-0.2, -0.15) is 0 Å². The molecule has 0 saturated carbocycles. The molecule has 86 valence electrons. The molecule has 1 atom stereocenters. The maximum atomic E-state index is 12.6. The fraction of sp³-hybridized carbons (Fsp3) is 0.700. The van der Waals surface area contributed by atoms with E-state index < -0.39 is 12.5 Å². The van der Waals surface area contributed by atoms with E-state index in [9.17, 15) is 8.78 Å². The third kappa shape index (κ3) is 3.58. The van der Waals surface area contributed by atoms with Gasteiger partial charge in [0.1, 0.15) is 5.82 Å². The van der Waals surface area contributed by atoms with Crippen molar-refractivity contribution in [3.63, 3.8) is 0 Å². The quantitative estimate of drug-likeness (QED) is 0.784. The normalized spacial score (nSPS) is 13.4. The second-order valence-electron chi connectivity index (χ2n) is 3.55. The van der Waals surface area contributed by atoms with Crippen LogP contribution in [0.25, 0.3) is 0 Å². The highest BCUT2D eigenvalue weighted by Gasteiger charge is 2.21. The van der Waals surface area contributed by atoms with Crippen molar-refractivity contribution in [2.75, 3.05) is 6.54 Å². The summed E-state index contributed by atoms with van der Waals surface area (Å²) in [4.78, 5) is 4.04. The van der Waals surface area contributed by atoms with Crippen LogP contribution in [0.2, 0.25) is 0 Å². The van der Waals surface area contributed by atoms with Crippen LogP contribution >= 0.6 is 0 Å². The molecule has 0 aliphatic carbocycles. The van der Waals surface area contributed by atoms with Gasteiger partial charge in [0.15, 0.2) is 0 Å². The molecule has 1 aromatic heterocycles. The summed E-state index contributed by atoms with van der Waals surface area (Å²) in [7, 11) is 1.81. The van der Waals surface area contributed by atoms with Crippen LogP contribution in [0.1, 0.15) is 19.2 Å². The molecule has 0 aromatic carbocycles. The molecule has 0 aliphatic heterocycles. The monoisotopic (exact) mass is 217 g/mol. The lowest BCUT2D eigenvalue weighted by atomic mass is 10.2. The van der Waals surface area contributed by atoms with E-state index in [1.54, 1.807) is 17.0 Å². The molecule has 0 amide bonds. The summed E-state index contributed by atoms with van der Waals surface area (Å²) in [5, 5.41) is 2.83. The topological polar surface area (TPSA) is 29.9 Å². The van der Waals surface area contributed by atoms with Crippen LogP contribution in [0.5, 0.6) is 0 Å². The van der Waals surface area contributed by atoms with E-state index >= 15 is 0 Å². The number of hydrogen-bond acceptors (Lipinski definition) is 2. The van der Waals surface area contributed by atoms with Crippen molar-refractivity contribution in [2.45, 2.75) is 32.2 Å². The Bertz CT molecular complexity index is 286. The zero-order valence-electron chi connectivity index (χ0n) is 9.08. The van der Waals surface area contributed by atoms with Gasteiger partial charge in [-0.25, -0.2) is 13.8 Å². The van der Waals surface area contributed by atoms with E-state index in [-0.39, 0.29) is 6.42 Å². The Labute approximate surface area is 88.5 Å². The SMILES string of the molecule is CCCNC(Cc1nccn1C)C(F)F. The van der Waals surface area contributed by atoms with Crippen molar-refractivity contribution in [1.29, 1.82) is 0 Å². The summed E-state index contributed by atoms with van der Waals surface area (Å²) < 4.78 is 27.1. The second-order valence-corrected chi connectivity index (χ2v) is 3.55. The number of nitrogens with one attached hydrogen (secondary N) is 1. The fourth-order valence-electron chi connectivity index (χ4n) is 1.37. The molecule has 1 N–H and O–H groups in total. The molecule has 0 fully saturated rings. The first-order valence-electron chi connectivity index (χ1n) is 5.13. The average Bonchev–Trinajstić information content (AvgIpc) is 2.58. The zero-order chi connectivity index (χ0) is 11.3. The standard InChI is InChI=1S/C10H17F2N3/c1-3-4-13-8(10(11)12)7-9-14-5-6-15(9)2/h5-6,8,10,13H,3-4,7H2,1-2H3. The fourth-order valence-corrected chi connectivity index (χ4v) is 1.37. The molecule has 1 rings (SSSR count). The first-order valence-corrected chi connectivity index (χ1v) is 5.13. The molecule has 5 heteroatoms. The van der Waals surface area contributed by atoms with Crippen LogP contribution in [-0.4, -0.2) is 28.6 Å². The van der Waals surface area contributed by atoms with Crippen molar-refractivity contribution < 1.29 is 8.78 Å². The molecule has 15 heavy (non-hydrogen) atoms. The third-order valence-electron chi connectivity index (χ3n) is 2.28. The molecule has 0 bridgehead atoms. The minimum Gasteiger partial charge on any atom is -0.338 e. The minimum atomic E-state index is -2.35. The molecule has 3 nitrogen and oxygen atoms in total. The molecule has 0 aliphatic rings. The molecular formula is C10H17F2N3. The molecular weight excluding hydrogens is 200 g/mol. The van der Waals surface area contributed by atoms with Gasteiger partial charge in [0.2, 0.25) is 0 Å². The van der Waals surface area contributed by atoms with Gasteiger partial charge < -0.3 is 9.88 Å². The summed E-state index contributed by atoms with van der Waals surface area (Å²) in [6.45, 7) is 2.57. The highest BCUT2D eigenvalue weighted by Crippen LogP contribution is 2.07. The van der Waals surface area contributed by atoms with E-state index in [0.717, 1.165) is 6.42 Å². The summed E-state index contributed by atoms with van der Waals surface area (Å²) in [6, 6.07) is -0.800. The van der Waals surface area contributed by atoms with Crippen molar-refractivity contribution in [3.05, 3.63) is 18.2 Å². The molecule has 1 heterocycles. The Morgan fingerprint density at radius 1 is 1.53 bits per heavy atom. The van der Waals surface area contributed by atoms with Crippen LogP contribution in [0, 0.1) is 0 Å². The van der Waals surface area contributed by atoms with Crippen molar-refractivity contribution >= 4 is 0 Å². The van der Waals surface area contributed by atoms with Crippen molar-refractivity contribution in [3.8, 4) is 0 Å². The Morgan fingerprint density at radius 3 is 2.73 bits per heavy atom. The smallest absolute Gasteiger partial charge is 0.254 e. The maximum absolute atomic E-state index is 12.6. The summed E-state index contributed by atoms with van der Waals surface area (Å²) in [5.74, 6) is 0.684. The Hall–Kier alpha value is -0.970. The van der Waals surface area contributed by atoms with Gasteiger partial charge in [-0.05, 0) is 13.0 Å². The highest BCUT2D eigenvalue weighted by molar-refractivity contribution is 4.95. The number of halogens is 2.